The number of nitrogens with zero attached hydrogens (tertiary/aromatic N) is 2. The van der Waals surface area contributed by atoms with Crippen LogP contribution in [0, 0.1) is 13.8 Å². The van der Waals surface area contributed by atoms with Gasteiger partial charge in [-0.1, -0.05) is 0 Å². The lowest BCUT2D eigenvalue weighted by atomic mass is 10.1. The molecule has 1 amide bonds. The van der Waals surface area contributed by atoms with E-state index in [2.05, 4.69) is 24.5 Å². The second-order valence-electron chi connectivity index (χ2n) is 6.04. The summed E-state index contributed by atoms with van der Waals surface area (Å²) in [5, 5.41) is 0. The summed E-state index contributed by atoms with van der Waals surface area (Å²) in [5.74, 6) is 0.162. The molecule has 0 spiro atoms. The van der Waals surface area contributed by atoms with Crippen molar-refractivity contribution in [3.8, 4) is 0 Å². The summed E-state index contributed by atoms with van der Waals surface area (Å²) in [5.41, 5.74) is 9.19. The number of hydrogen-bond acceptors (Lipinski definition) is 2. The topological polar surface area (TPSA) is 51.3 Å². The van der Waals surface area contributed by atoms with Crippen LogP contribution in [0.15, 0.2) is 6.07 Å². The van der Waals surface area contributed by atoms with Gasteiger partial charge in [-0.2, -0.15) is 0 Å². The van der Waals surface area contributed by atoms with Crippen LogP contribution in [0.5, 0.6) is 0 Å². The molecule has 0 unspecified atom stereocenters. The first-order valence-corrected chi connectivity index (χ1v) is 7.31. The van der Waals surface area contributed by atoms with Gasteiger partial charge in [0.2, 0.25) is 0 Å². The molecule has 19 heavy (non-hydrogen) atoms. The number of aryl methyl sites for hydroxylation is 1. The summed E-state index contributed by atoms with van der Waals surface area (Å²) in [6.07, 6.45) is 4.55. The summed E-state index contributed by atoms with van der Waals surface area (Å²) >= 11 is 0. The Balaban J connectivity index is 1.85. The van der Waals surface area contributed by atoms with E-state index in [1.807, 2.05) is 4.90 Å². The number of likely N-dealkylation sites (tertiary alicyclic amines) is 1. The third-order valence-electron chi connectivity index (χ3n) is 4.37. The highest BCUT2D eigenvalue weighted by molar-refractivity contribution is 5.95. The molecule has 2 aliphatic rings. The number of nitrogens with two attached hydrogens (primary N) is 1. The molecule has 0 bridgehead atoms. The van der Waals surface area contributed by atoms with Crippen molar-refractivity contribution in [3.05, 3.63) is 23.0 Å². The Labute approximate surface area is 114 Å². The Hall–Kier alpha value is -1.29. The number of aromatic nitrogens is 1. The molecule has 104 valence electrons. The third kappa shape index (κ3) is 2.29. The summed E-state index contributed by atoms with van der Waals surface area (Å²) < 4.78 is 2.33. The van der Waals surface area contributed by atoms with E-state index < -0.39 is 0 Å². The molecule has 3 rings (SSSR count). The van der Waals surface area contributed by atoms with Crippen molar-refractivity contribution in [2.75, 3.05) is 13.1 Å². The molecule has 2 N–H and O–H groups in total. The highest BCUT2D eigenvalue weighted by Gasteiger charge is 2.30. The molecule has 4 nitrogen and oxygen atoms in total. The van der Waals surface area contributed by atoms with Gasteiger partial charge in [-0.25, -0.2) is 0 Å². The molecular formula is C15H23N3O. The van der Waals surface area contributed by atoms with Gasteiger partial charge in [-0.15, -0.1) is 0 Å². The molecule has 2 heterocycles. The molecule has 1 atom stereocenters. The third-order valence-corrected chi connectivity index (χ3v) is 4.37. The van der Waals surface area contributed by atoms with Crippen molar-refractivity contribution in [2.45, 2.75) is 51.6 Å². The molecule has 0 aromatic carbocycles. The van der Waals surface area contributed by atoms with Crippen molar-refractivity contribution in [1.82, 2.24) is 9.47 Å². The normalized spacial score (nSPS) is 23.7. The molecular weight excluding hydrogens is 238 g/mol. The molecule has 1 saturated heterocycles. The SMILES string of the molecule is Cc1cc(C(=O)N2CCC[C@H](N)C2)c(C)n1C1CC1. The van der Waals surface area contributed by atoms with Gasteiger partial charge in [0.05, 0.1) is 5.56 Å². The van der Waals surface area contributed by atoms with E-state index in [4.69, 9.17) is 5.73 Å². The first kappa shape index (κ1) is 12.7. The number of amides is 1. The maximum atomic E-state index is 12.6. The maximum Gasteiger partial charge on any atom is 0.255 e. The molecule has 1 aliphatic heterocycles. The molecule has 2 fully saturated rings. The standard InChI is InChI=1S/C15H23N3O/c1-10-8-14(11(2)18(10)13-5-6-13)15(19)17-7-3-4-12(16)9-17/h8,12-13H,3-7,9,16H2,1-2H3/t12-/m0/s1. The number of piperidine rings is 1. The Bertz CT molecular complexity index is 502. The molecule has 4 heteroatoms. The average molecular weight is 261 g/mol. The second-order valence-corrected chi connectivity index (χ2v) is 6.04. The second kappa shape index (κ2) is 4.67. The number of rotatable bonds is 2. The summed E-state index contributed by atoms with van der Waals surface area (Å²) in [7, 11) is 0. The monoisotopic (exact) mass is 261 g/mol. The zero-order valence-corrected chi connectivity index (χ0v) is 11.9. The van der Waals surface area contributed by atoms with Crippen molar-refractivity contribution in [1.29, 1.82) is 0 Å². The smallest absolute Gasteiger partial charge is 0.255 e. The van der Waals surface area contributed by atoms with Crippen molar-refractivity contribution in [3.63, 3.8) is 0 Å². The Morgan fingerprint density at radius 3 is 2.68 bits per heavy atom. The quantitative estimate of drug-likeness (QED) is 0.885. The van der Waals surface area contributed by atoms with E-state index in [9.17, 15) is 4.79 Å². The van der Waals surface area contributed by atoms with Crippen LogP contribution in [-0.2, 0) is 0 Å². The van der Waals surface area contributed by atoms with Crippen LogP contribution in [-0.4, -0.2) is 34.5 Å². The first-order valence-electron chi connectivity index (χ1n) is 7.31. The lowest BCUT2D eigenvalue weighted by Crippen LogP contribution is -2.45. The van der Waals surface area contributed by atoms with Crippen LogP contribution >= 0.6 is 0 Å². The maximum absolute atomic E-state index is 12.6. The summed E-state index contributed by atoms with van der Waals surface area (Å²) in [6, 6.07) is 2.82. The number of carbonyl (C=O) groups is 1. The van der Waals surface area contributed by atoms with Gasteiger partial charge in [0, 0.05) is 36.6 Å². The zero-order chi connectivity index (χ0) is 13.6. The average Bonchev–Trinajstić information content (AvgIpc) is 3.15. The fraction of sp³-hybridized carbons (Fsp3) is 0.667. The van der Waals surface area contributed by atoms with Gasteiger partial charge in [0.1, 0.15) is 0 Å². The van der Waals surface area contributed by atoms with Gasteiger partial charge in [-0.05, 0) is 45.6 Å². The van der Waals surface area contributed by atoms with Gasteiger partial charge < -0.3 is 15.2 Å². The molecule has 1 aliphatic carbocycles. The van der Waals surface area contributed by atoms with Crippen LogP contribution in [0.3, 0.4) is 0 Å². The fourth-order valence-electron chi connectivity index (χ4n) is 3.25. The van der Waals surface area contributed by atoms with Gasteiger partial charge in [0.25, 0.3) is 5.91 Å². The lowest BCUT2D eigenvalue weighted by Gasteiger charge is -2.30. The first-order chi connectivity index (χ1) is 9.08. The Morgan fingerprint density at radius 2 is 2.05 bits per heavy atom. The predicted octanol–water partition coefficient (Wildman–Crippen LogP) is 2.00. The van der Waals surface area contributed by atoms with E-state index in [1.165, 1.54) is 18.5 Å². The van der Waals surface area contributed by atoms with Crippen molar-refractivity contribution < 1.29 is 4.79 Å². The number of hydrogen-bond donors (Lipinski definition) is 1. The van der Waals surface area contributed by atoms with Crippen molar-refractivity contribution >= 4 is 5.91 Å². The van der Waals surface area contributed by atoms with Crippen LogP contribution in [0.4, 0.5) is 0 Å². The molecule has 1 aromatic heterocycles. The van der Waals surface area contributed by atoms with Crippen LogP contribution in [0.1, 0.15) is 53.5 Å². The minimum absolute atomic E-state index is 0.143. The minimum Gasteiger partial charge on any atom is -0.345 e. The highest BCUT2D eigenvalue weighted by Crippen LogP contribution is 2.38. The van der Waals surface area contributed by atoms with Gasteiger partial charge in [-0.3, -0.25) is 4.79 Å². The largest absolute Gasteiger partial charge is 0.345 e. The van der Waals surface area contributed by atoms with Gasteiger partial charge >= 0.3 is 0 Å². The molecule has 0 radical (unpaired) electrons. The Morgan fingerprint density at radius 1 is 1.32 bits per heavy atom. The van der Waals surface area contributed by atoms with E-state index in [0.29, 0.717) is 12.6 Å². The minimum atomic E-state index is 0.143. The lowest BCUT2D eigenvalue weighted by molar-refractivity contribution is 0.0708. The fourth-order valence-corrected chi connectivity index (χ4v) is 3.25. The Kier molecular flexibility index (Phi) is 3.13. The van der Waals surface area contributed by atoms with E-state index in [0.717, 1.165) is 30.6 Å². The van der Waals surface area contributed by atoms with E-state index >= 15 is 0 Å². The number of carbonyl (C=O) groups excluding carboxylic acids is 1. The highest BCUT2D eigenvalue weighted by atomic mass is 16.2. The van der Waals surface area contributed by atoms with E-state index in [-0.39, 0.29) is 11.9 Å². The van der Waals surface area contributed by atoms with Crippen LogP contribution in [0.25, 0.3) is 0 Å². The van der Waals surface area contributed by atoms with Crippen LogP contribution in [0.2, 0.25) is 0 Å². The zero-order valence-electron chi connectivity index (χ0n) is 11.9. The molecule has 1 aromatic rings. The van der Waals surface area contributed by atoms with E-state index in [1.54, 1.807) is 0 Å². The molecule has 1 saturated carbocycles. The van der Waals surface area contributed by atoms with Crippen LogP contribution < -0.4 is 5.73 Å². The van der Waals surface area contributed by atoms with Gasteiger partial charge in [0.15, 0.2) is 0 Å². The van der Waals surface area contributed by atoms with Crippen molar-refractivity contribution in [2.24, 2.45) is 5.73 Å². The predicted molar refractivity (Wildman–Crippen MR) is 75.3 cm³/mol. The summed E-state index contributed by atoms with van der Waals surface area (Å²) in [6.45, 7) is 5.72. The summed E-state index contributed by atoms with van der Waals surface area (Å²) in [4.78, 5) is 14.6.